The van der Waals surface area contributed by atoms with Crippen molar-refractivity contribution in [1.29, 1.82) is 0 Å². The van der Waals surface area contributed by atoms with Crippen LogP contribution in [0, 0.1) is 0 Å². The summed E-state index contributed by atoms with van der Waals surface area (Å²) in [5.41, 5.74) is 0.914. The first-order valence-corrected chi connectivity index (χ1v) is 6.41. The summed E-state index contributed by atoms with van der Waals surface area (Å²) < 4.78 is 5.32. The third-order valence-corrected chi connectivity index (χ3v) is 3.24. The van der Waals surface area contributed by atoms with Crippen LogP contribution in [0.3, 0.4) is 0 Å². The van der Waals surface area contributed by atoms with Crippen LogP contribution >= 0.6 is 0 Å². The predicted molar refractivity (Wildman–Crippen MR) is 66.7 cm³/mol. The molecule has 18 heavy (non-hydrogen) atoms. The smallest absolute Gasteiger partial charge is 0.258 e. The highest BCUT2D eigenvalue weighted by Gasteiger charge is 2.19. The van der Waals surface area contributed by atoms with E-state index in [1.165, 1.54) is 19.3 Å². The molecule has 1 atom stereocenters. The summed E-state index contributed by atoms with van der Waals surface area (Å²) in [4.78, 5) is 8.46. The summed E-state index contributed by atoms with van der Waals surface area (Å²) in [7, 11) is 0. The highest BCUT2D eigenvalue weighted by atomic mass is 16.5. The number of nitrogens with zero attached hydrogens (tertiary/aromatic N) is 3. The normalized spacial score (nSPS) is 20.6. The zero-order valence-corrected chi connectivity index (χ0v) is 10.2. The van der Waals surface area contributed by atoms with Crippen molar-refractivity contribution in [3.8, 4) is 11.5 Å². The van der Waals surface area contributed by atoms with E-state index in [-0.39, 0.29) is 6.04 Å². The Morgan fingerprint density at radius 1 is 1.17 bits per heavy atom. The first-order valence-electron chi connectivity index (χ1n) is 6.41. The fraction of sp³-hybridized carbons (Fsp3) is 0.462. The second-order valence-electron chi connectivity index (χ2n) is 4.55. The van der Waals surface area contributed by atoms with Crippen molar-refractivity contribution in [2.75, 3.05) is 6.54 Å². The highest BCUT2D eigenvalue weighted by Crippen LogP contribution is 2.23. The number of aromatic nitrogens is 3. The van der Waals surface area contributed by atoms with Crippen molar-refractivity contribution in [3.63, 3.8) is 0 Å². The molecule has 5 nitrogen and oxygen atoms in total. The minimum Gasteiger partial charge on any atom is -0.334 e. The maximum Gasteiger partial charge on any atom is 0.258 e. The first-order chi connectivity index (χ1) is 8.93. The Balaban J connectivity index is 1.80. The van der Waals surface area contributed by atoms with Gasteiger partial charge in [0, 0.05) is 18.0 Å². The second-order valence-corrected chi connectivity index (χ2v) is 4.55. The number of hydrogen-bond donors (Lipinski definition) is 1. The van der Waals surface area contributed by atoms with E-state index in [4.69, 9.17) is 4.52 Å². The van der Waals surface area contributed by atoms with Crippen LogP contribution in [0.15, 0.2) is 29.0 Å². The monoisotopic (exact) mass is 244 g/mol. The molecule has 0 saturated carbocycles. The van der Waals surface area contributed by atoms with Gasteiger partial charge in [-0.1, -0.05) is 18.0 Å². The lowest BCUT2D eigenvalue weighted by Crippen LogP contribution is -2.21. The SMILES string of the molecule is c1cc(-c2nc([C@H]3CCCCCN3)no2)ccn1. The molecule has 0 spiro atoms. The molecular formula is C13H16N4O. The summed E-state index contributed by atoms with van der Waals surface area (Å²) in [6, 6.07) is 3.97. The van der Waals surface area contributed by atoms with Gasteiger partial charge in [0.2, 0.25) is 0 Å². The van der Waals surface area contributed by atoms with Gasteiger partial charge < -0.3 is 9.84 Å². The van der Waals surface area contributed by atoms with Crippen LogP contribution in [-0.4, -0.2) is 21.7 Å². The van der Waals surface area contributed by atoms with E-state index in [0.29, 0.717) is 5.89 Å². The van der Waals surface area contributed by atoms with Crippen LogP contribution < -0.4 is 5.32 Å². The largest absolute Gasteiger partial charge is 0.334 e. The van der Waals surface area contributed by atoms with Crippen molar-refractivity contribution >= 4 is 0 Å². The molecule has 5 heteroatoms. The molecule has 2 aromatic heterocycles. The maximum absolute atomic E-state index is 5.32. The standard InChI is InChI=1S/C13H16N4O/c1-2-4-11(15-7-3-1)12-16-13(18-17-12)10-5-8-14-9-6-10/h5-6,8-9,11,15H,1-4,7H2/t11-/m1/s1. The Hall–Kier alpha value is -1.75. The van der Waals surface area contributed by atoms with Crippen molar-refractivity contribution in [2.45, 2.75) is 31.7 Å². The molecule has 3 heterocycles. The van der Waals surface area contributed by atoms with Crippen LogP contribution in [0.5, 0.6) is 0 Å². The fourth-order valence-electron chi connectivity index (χ4n) is 2.24. The van der Waals surface area contributed by atoms with Gasteiger partial charge in [0.1, 0.15) is 0 Å². The van der Waals surface area contributed by atoms with E-state index < -0.39 is 0 Å². The first kappa shape index (κ1) is 11.3. The molecule has 0 aromatic carbocycles. The molecule has 1 fully saturated rings. The number of rotatable bonds is 2. The number of pyridine rings is 1. The van der Waals surface area contributed by atoms with E-state index in [1.807, 2.05) is 12.1 Å². The molecule has 1 N–H and O–H groups in total. The zero-order valence-electron chi connectivity index (χ0n) is 10.2. The topological polar surface area (TPSA) is 63.8 Å². The summed E-state index contributed by atoms with van der Waals surface area (Å²) in [5, 5.41) is 7.55. The van der Waals surface area contributed by atoms with Gasteiger partial charge in [0.15, 0.2) is 5.82 Å². The van der Waals surface area contributed by atoms with Crippen LogP contribution in [0.4, 0.5) is 0 Å². The Labute approximate surface area is 106 Å². The zero-order chi connectivity index (χ0) is 12.2. The Kier molecular flexibility index (Phi) is 3.32. The lowest BCUT2D eigenvalue weighted by atomic mass is 10.1. The van der Waals surface area contributed by atoms with E-state index >= 15 is 0 Å². The van der Waals surface area contributed by atoms with Crippen molar-refractivity contribution in [3.05, 3.63) is 30.4 Å². The summed E-state index contributed by atoms with van der Waals surface area (Å²) >= 11 is 0. The van der Waals surface area contributed by atoms with Gasteiger partial charge in [-0.15, -0.1) is 0 Å². The summed E-state index contributed by atoms with van der Waals surface area (Å²) in [6.07, 6.45) is 8.25. The Bertz CT molecular complexity index is 489. The fourth-order valence-corrected chi connectivity index (χ4v) is 2.24. The molecule has 0 unspecified atom stereocenters. The van der Waals surface area contributed by atoms with Crippen LogP contribution in [-0.2, 0) is 0 Å². The molecule has 1 aliphatic heterocycles. The minimum absolute atomic E-state index is 0.229. The lowest BCUT2D eigenvalue weighted by Gasteiger charge is -2.09. The van der Waals surface area contributed by atoms with Gasteiger partial charge in [-0.2, -0.15) is 4.98 Å². The van der Waals surface area contributed by atoms with Crippen LogP contribution in [0.25, 0.3) is 11.5 Å². The molecule has 94 valence electrons. The summed E-state index contributed by atoms with van der Waals surface area (Å²) in [6.45, 7) is 1.03. The van der Waals surface area contributed by atoms with Crippen LogP contribution in [0.2, 0.25) is 0 Å². The molecule has 0 aliphatic carbocycles. The van der Waals surface area contributed by atoms with Gasteiger partial charge >= 0.3 is 0 Å². The molecule has 0 amide bonds. The second kappa shape index (κ2) is 5.27. The van der Waals surface area contributed by atoms with E-state index in [9.17, 15) is 0 Å². The number of hydrogen-bond acceptors (Lipinski definition) is 5. The predicted octanol–water partition coefficient (Wildman–Crippen LogP) is 2.34. The van der Waals surface area contributed by atoms with Gasteiger partial charge in [0.25, 0.3) is 5.89 Å². The Morgan fingerprint density at radius 2 is 2.06 bits per heavy atom. The van der Waals surface area contributed by atoms with Crippen LogP contribution in [0.1, 0.15) is 37.5 Å². The molecule has 3 rings (SSSR count). The van der Waals surface area contributed by atoms with E-state index in [2.05, 4.69) is 20.4 Å². The highest BCUT2D eigenvalue weighted by molar-refractivity contribution is 5.51. The molecule has 0 radical (unpaired) electrons. The summed E-state index contributed by atoms with van der Waals surface area (Å²) in [5.74, 6) is 1.34. The molecule has 2 aromatic rings. The average molecular weight is 244 g/mol. The third-order valence-electron chi connectivity index (χ3n) is 3.24. The van der Waals surface area contributed by atoms with Gasteiger partial charge in [-0.05, 0) is 31.5 Å². The molecule has 1 aliphatic rings. The Morgan fingerprint density at radius 3 is 2.94 bits per heavy atom. The van der Waals surface area contributed by atoms with Crippen molar-refractivity contribution in [1.82, 2.24) is 20.4 Å². The lowest BCUT2D eigenvalue weighted by molar-refractivity contribution is 0.402. The van der Waals surface area contributed by atoms with Gasteiger partial charge in [-0.25, -0.2) is 0 Å². The van der Waals surface area contributed by atoms with Crippen molar-refractivity contribution in [2.24, 2.45) is 0 Å². The van der Waals surface area contributed by atoms with Gasteiger partial charge in [-0.3, -0.25) is 4.98 Å². The average Bonchev–Trinajstić information content (AvgIpc) is 2.76. The molecule has 0 bridgehead atoms. The quantitative estimate of drug-likeness (QED) is 0.878. The third kappa shape index (κ3) is 2.41. The maximum atomic E-state index is 5.32. The molecular weight excluding hydrogens is 228 g/mol. The number of nitrogens with one attached hydrogen (secondary N) is 1. The molecule has 1 saturated heterocycles. The van der Waals surface area contributed by atoms with Gasteiger partial charge in [0.05, 0.1) is 6.04 Å². The minimum atomic E-state index is 0.229. The van der Waals surface area contributed by atoms with E-state index in [0.717, 1.165) is 24.4 Å². The van der Waals surface area contributed by atoms with E-state index in [1.54, 1.807) is 12.4 Å². The van der Waals surface area contributed by atoms with Crippen molar-refractivity contribution < 1.29 is 4.52 Å².